The number of aromatic nitrogens is 1. The Bertz CT molecular complexity index is 1850. The van der Waals surface area contributed by atoms with Crippen molar-refractivity contribution in [1.82, 2.24) is 9.47 Å². The summed E-state index contributed by atoms with van der Waals surface area (Å²) in [4.78, 5) is 40.0. The molecule has 0 bridgehead atoms. The molecule has 1 saturated heterocycles. The summed E-state index contributed by atoms with van der Waals surface area (Å²) in [6, 6.07) is 28.4. The molecular weight excluding hydrogens is 518 g/mol. The average molecular weight is 546 g/mol. The predicted octanol–water partition coefficient (Wildman–Crippen LogP) is 7.13. The van der Waals surface area contributed by atoms with Gasteiger partial charge in [-0.05, 0) is 77.3 Å². The van der Waals surface area contributed by atoms with Crippen LogP contribution in [0.15, 0.2) is 96.0 Å². The standard InChI is InChI=1S/C33H27N3O3S/c1-21-8-7-12-28(22(21)2)34-31(37)20-36-32(38)30(40-33(36)39)17-26-19-35(29-13-6-5-11-27(26)29)18-23-14-15-24-9-3-4-10-25(24)16-23/h3-17,19H,18,20H2,1-2H3,(H,34,37)/b30-17-. The van der Waals surface area contributed by atoms with Gasteiger partial charge in [0.15, 0.2) is 0 Å². The van der Waals surface area contributed by atoms with Gasteiger partial charge in [0.2, 0.25) is 5.91 Å². The molecular formula is C33H27N3O3S. The van der Waals surface area contributed by atoms with Gasteiger partial charge in [-0.3, -0.25) is 19.3 Å². The number of aryl methyl sites for hydroxylation is 1. The van der Waals surface area contributed by atoms with Crippen LogP contribution in [0.25, 0.3) is 27.8 Å². The molecule has 2 heterocycles. The number of fused-ring (bicyclic) bond motifs is 2. The number of amides is 3. The second-order valence-corrected chi connectivity index (χ2v) is 11.0. The number of para-hydroxylation sites is 1. The van der Waals surface area contributed by atoms with E-state index < -0.39 is 17.1 Å². The van der Waals surface area contributed by atoms with E-state index in [2.05, 4.69) is 46.3 Å². The van der Waals surface area contributed by atoms with E-state index in [1.807, 2.05) is 68.6 Å². The van der Waals surface area contributed by atoms with Gasteiger partial charge in [0.25, 0.3) is 11.1 Å². The van der Waals surface area contributed by atoms with Gasteiger partial charge in [0, 0.05) is 34.9 Å². The smallest absolute Gasteiger partial charge is 0.294 e. The van der Waals surface area contributed by atoms with Crippen LogP contribution < -0.4 is 5.32 Å². The van der Waals surface area contributed by atoms with Crippen LogP contribution in [0.1, 0.15) is 22.3 Å². The maximum absolute atomic E-state index is 13.2. The Hall–Kier alpha value is -4.62. The largest absolute Gasteiger partial charge is 0.342 e. The lowest BCUT2D eigenvalue weighted by Crippen LogP contribution is -2.36. The molecule has 1 fully saturated rings. The van der Waals surface area contributed by atoms with Gasteiger partial charge >= 0.3 is 0 Å². The molecule has 6 rings (SSSR count). The summed E-state index contributed by atoms with van der Waals surface area (Å²) in [6.45, 7) is 4.22. The second kappa shape index (κ2) is 10.5. The molecule has 0 aliphatic carbocycles. The third-order valence-electron chi connectivity index (χ3n) is 7.33. The lowest BCUT2D eigenvalue weighted by atomic mass is 10.1. The Morgan fingerprint density at radius 2 is 1.68 bits per heavy atom. The van der Waals surface area contributed by atoms with Crippen molar-refractivity contribution < 1.29 is 14.4 Å². The summed E-state index contributed by atoms with van der Waals surface area (Å²) >= 11 is 0.863. The van der Waals surface area contributed by atoms with Gasteiger partial charge in [0.05, 0.1) is 4.91 Å². The zero-order chi connectivity index (χ0) is 27.8. The molecule has 4 aromatic carbocycles. The van der Waals surface area contributed by atoms with E-state index in [1.165, 1.54) is 16.3 Å². The van der Waals surface area contributed by atoms with Gasteiger partial charge in [-0.1, -0.05) is 66.7 Å². The number of anilines is 1. The van der Waals surface area contributed by atoms with Crippen molar-refractivity contribution in [2.24, 2.45) is 0 Å². The minimum Gasteiger partial charge on any atom is -0.342 e. The van der Waals surface area contributed by atoms with Crippen LogP contribution in [0.2, 0.25) is 0 Å². The number of hydrogen-bond donors (Lipinski definition) is 1. The Balaban J connectivity index is 1.24. The molecule has 0 spiro atoms. The zero-order valence-corrected chi connectivity index (χ0v) is 23.0. The summed E-state index contributed by atoms with van der Waals surface area (Å²) in [7, 11) is 0. The molecule has 5 aromatic rings. The van der Waals surface area contributed by atoms with Crippen molar-refractivity contribution in [2.75, 3.05) is 11.9 Å². The monoisotopic (exact) mass is 545 g/mol. The fraction of sp³-hybridized carbons (Fsp3) is 0.121. The molecule has 0 saturated carbocycles. The first-order chi connectivity index (χ1) is 19.4. The molecule has 40 heavy (non-hydrogen) atoms. The molecule has 1 aliphatic rings. The van der Waals surface area contributed by atoms with Gasteiger partial charge in [-0.2, -0.15) is 0 Å². The van der Waals surface area contributed by atoms with Crippen molar-refractivity contribution in [3.63, 3.8) is 0 Å². The summed E-state index contributed by atoms with van der Waals surface area (Å²) in [5.74, 6) is -0.873. The van der Waals surface area contributed by atoms with Gasteiger partial charge in [-0.15, -0.1) is 0 Å². The predicted molar refractivity (Wildman–Crippen MR) is 162 cm³/mol. The fourth-order valence-electron chi connectivity index (χ4n) is 5.05. The highest BCUT2D eigenvalue weighted by Gasteiger charge is 2.36. The zero-order valence-electron chi connectivity index (χ0n) is 22.2. The fourth-order valence-corrected chi connectivity index (χ4v) is 5.88. The highest BCUT2D eigenvalue weighted by atomic mass is 32.2. The number of rotatable bonds is 6. The van der Waals surface area contributed by atoms with Crippen molar-refractivity contribution in [1.29, 1.82) is 0 Å². The van der Waals surface area contributed by atoms with Crippen molar-refractivity contribution in [3.8, 4) is 0 Å². The molecule has 0 radical (unpaired) electrons. The van der Waals surface area contributed by atoms with Crippen molar-refractivity contribution in [3.05, 3.63) is 118 Å². The molecule has 1 N–H and O–H groups in total. The van der Waals surface area contributed by atoms with Crippen LogP contribution in [0.4, 0.5) is 10.5 Å². The van der Waals surface area contributed by atoms with E-state index in [1.54, 1.807) is 6.08 Å². The summed E-state index contributed by atoms with van der Waals surface area (Å²) < 4.78 is 2.16. The second-order valence-electron chi connectivity index (χ2n) is 9.97. The number of thioether (sulfide) groups is 1. The number of benzene rings is 4. The molecule has 7 heteroatoms. The maximum atomic E-state index is 13.2. The van der Waals surface area contributed by atoms with E-state index in [9.17, 15) is 14.4 Å². The molecule has 3 amide bonds. The summed E-state index contributed by atoms with van der Waals surface area (Å²) in [5.41, 5.74) is 5.72. The van der Waals surface area contributed by atoms with Crippen LogP contribution in [-0.2, 0) is 16.1 Å². The first-order valence-electron chi connectivity index (χ1n) is 13.0. The summed E-state index contributed by atoms with van der Waals surface area (Å²) in [5, 5.41) is 5.75. The molecule has 6 nitrogen and oxygen atoms in total. The third kappa shape index (κ3) is 4.92. The number of imide groups is 1. The first-order valence-corrected chi connectivity index (χ1v) is 13.9. The van der Waals surface area contributed by atoms with E-state index in [0.29, 0.717) is 17.1 Å². The molecule has 1 aromatic heterocycles. The topological polar surface area (TPSA) is 71.4 Å². The number of nitrogens with one attached hydrogen (secondary N) is 1. The average Bonchev–Trinajstić information content (AvgIpc) is 3.42. The van der Waals surface area contributed by atoms with Crippen LogP contribution in [0.3, 0.4) is 0 Å². The molecule has 198 valence electrons. The SMILES string of the molecule is Cc1cccc(NC(=O)CN2C(=O)S/C(=C\c3cn(Cc4ccc5ccccc5c4)c4ccccc34)C2=O)c1C. The first kappa shape index (κ1) is 25.6. The minimum absolute atomic E-state index is 0.304. The Kier molecular flexibility index (Phi) is 6.74. The molecule has 0 unspecified atom stereocenters. The molecule has 1 aliphatic heterocycles. The van der Waals surface area contributed by atoms with Crippen LogP contribution in [0, 0.1) is 13.8 Å². The van der Waals surface area contributed by atoms with Gasteiger partial charge < -0.3 is 9.88 Å². The minimum atomic E-state index is -0.461. The quantitative estimate of drug-likeness (QED) is 0.230. The molecule has 0 atom stereocenters. The normalized spacial score (nSPS) is 14.6. The summed E-state index contributed by atoms with van der Waals surface area (Å²) in [6.07, 6.45) is 3.77. The lowest BCUT2D eigenvalue weighted by molar-refractivity contribution is -0.127. The lowest BCUT2D eigenvalue weighted by Gasteiger charge is -2.14. The Morgan fingerprint density at radius 3 is 2.52 bits per heavy atom. The van der Waals surface area contributed by atoms with Crippen molar-refractivity contribution in [2.45, 2.75) is 20.4 Å². The van der Waals surface area contributed by atoms with E-state index in [-0.39, 0.29) is 6.54 Å². The van der Waals surface area contributed by atoms with E-state index >= 15 is 0 Å². The number of carbonyl (C=O) groups is 3. The van der Waals surface area contributed by atoms with Gasteiger partial charge in [-0.25, -0.2) is 0 Å². The van der Waals surface area contributed by atoms with E-state index in [4.69, 9.17) is 0 Å². The van der Waals surface area contributed by atoms with E-state index in [0.717, 1.165) is 44.3 Å². The van der Waals surface area contributed by atoms with Crippen molar-refractivity contribution >= 4 is 62.3 Å². The van der Waals surface area contributed by atoms with Crippen LogP contribution in [-0.4, -0.2) is 33.1 Å². The number of carbonyl (C=O) groups excluding carboxylic acids is 3. The highest BCUT2D eigenvalue weighted by molar-refractivity contribution is 8.18. The Morgan fingerprint density at radius 1 is 0.900 bits per heavy atom. The number of nitrogens with zero attached hydrogens (tertiary/aromatic N) is 2. The van der Waals surface area contributed by atoms with Crippen LogP contribution in [0.5, 0.6) is 0 Å². The highest BCUT2D eigenvalue weighted by Crippen LogP contribution is 2.34. The Labute approximate surface area is 236 Å². The third-order valence-corrected chi connectivity index (χ3v) is 8.23. The maximum Gasteiger partial charge on any atom is 0.294 e. The van der Waals surface area contributed by atoms with Crippen LogP contribution >= 0.6 is 11.8 Å². The van der Waals surface area contributed by atoms with Gasteiger partial charge in [0.1, 0.15) is 6.54 Å². The number of hydrogen-bond acceptors (Lipinski definition) is 4.